The normalized spacial score (nSPS) is 10.7. The van der Waals surface area contributed by atoms with E-state index >= 15 is 0 Å². The predicted octanol–water partition coefficient (Wildman–Crippen LogP) is 5.39. The Balaban J connectivity index is 1.74. The summed E-state index contributed by atoms with van der Waals surface area (Å²) < 4.78 is 34.0. The Morgan fingerprint density at radius 3 is 2.32 bits per heavy atom. The van der Waals surface area contributed by atoms with E-state index in [1.807, 2.05) is 55.5 Å². The van der Waals surface area contributed by atoms with Crippen LogP contribution in [0.3, 0.4) is 0 Å². The van der Waals surface area contributed by atoms with Gasteiger partial charge in [-0.3, -0.25) is 4.79 Å². The van der Waals surface area contributed by atoms with Crippen LogP contribution in [0.5, 0.6) is 5.75 Å². The third-order valence-corrected chi connectivity index (χ3v) is 4.79. The summed E-state index contributed by atoms with van der Waals surface area (Å²) in [6.45, 7) is 1.97. The Morgan fingerprint density at radius 2 is 1.68 bits per heavy atom. The van der Waals surface area contributed by atoms with Gasteiger partial charge in [-0.1, -0.05) is 17.7 Å². The number of nitrogens with zero attached hydrogens (tertiary/aromatic N) is 2. The molecule has 0 aliphatic carbocycles. The lowest BCUT2D eigenvalue weighted by Crippen LogP contribution is -2.16. The molecule has 1 heterocycles. The molecule has 7 heteroatoms. The molecule has 156 valence electrons. The molecule has 0 aliphatic rings. The van der Waals surface area contributed by atoms with Gasteiger partial charge in [-0.25, -0.2) is 13.5 Å². The van der Waals surface area contributed by atoms with Crippen molar-refractivity contribution in [2.45, 2.75) is 6.92 Å². The van der Waals surface area contributed by atoms with Gasteiger partial charge in [-0.05, 0) is 55.5 Å². The topological polar surface area (TPSA) is 56.1 Å². The molecular weight excluding hydrogens is 400 g/mol. The molecule has 0 saturated carbocycles. The number of aromatic nitrogens is 2. The van der Waals surface area contributed by atoms with E-state index < -0.39 is 17.5 Å². The predicted molar refractivity (Wildman–Crippen MR) is 115 cm³/mol. The molecule has 0 atom stereocenters. The van der Waals surface area contributed by atoms with Gasteiger partial charge in [0.15, 0.2) is 0 Å². The van der Waals surface area contributed by atoms with Crippen molar-refractivity contribution in [3.05, 3.63) is 95.6 Å². The van der Waals surface area contributed by atoms with Crippen LogP contribution in [0.25, 0.3) is 16.9 Å². The molecule has 1 amide bonds. The van der Waals surface area contributed by atoms with Crippen LogP contribution in [-0.2, 0) is 0 Å². The van der Waals surface area contributed by atoms with Crippen LogP contribution in [0.4, 0.5) is 14.6 Å². The van der Waals surface area contributed by atoms with Crippen LogP contribution in [0.2, 0.25) is 0 Å². The van der Waals surface area contributed by atoms with E-state index in [0.717, 1.165) is 28.9 Å². The van der Waals surface area contributed by atoms with Gasteiger partial charge in [0.25, 0.3) is 5.91 Å². The van der Waals surface area contributed by atoms with Crippen molar-refractivity contribution in [2.24, 2.45) is 0 Å². The van der Waals surface area contributed by atoms with Crippen LogP contribution in [0.15, 0.2) is 72.8 Å². The summed E-state index contributed by atoms with van der Waals surface area (Å²) >= 11 is 0. The van der Waals surface area contributed by atoms with Crippen molar-refractivity contribution < 1.29 is 18.3 Å². The molecule has 3 aromatic carbocycles. The number of hydrogen-bond acceptors (Lipinski definition) is 3. The van der Waals surface area contributed by atoms with Crippen molar-refractivity contribution in [3.8, 4) is 22.7 Å². The summed E-state index contributed by atoms with van der Waals surface area (Å²) in [4.78, 5) is 12.7. The average molecular weight is 419 g/mol. The number of rotatable bonds is 5. The number of carbonyl (C=O) groups is 1. The van der Waals surface area contributed by atoms with Gasteiger partial charge in [-0.2, -0.15) is 5.10 Å². The van der Waals surface area contributed by atoms with Crippen LogP contribution in [0, 0.1) is 18.6 Å². The minimum Gasteiger partial charge on any atom is -0.497 e. The molecule has 0 fully saturated rings. The first-order chi connectivity index (χ1) is 14.9. The summed E-state index contributed by atoms with van der Waals surface area (Å²) in [6.07, 6.45) is 0. The lowest BCUT2D eigenvalue weighted by Gasteiger charge is -2.09. The first-order valence-electron chi connectivity index (χ1n) is 9.52. The molecule has 4 rings (SSSR count). The number of aryl methyl sites for hydroxylation is 1. The first-order valence-corrected chi connectivity index (χ1v) is 9.52. The maximum Gasteiger partial charge on any atom is 0.259 e. The van der Waals surface area contributed by atoms with Crippen molar-refractivity contribution in [2.75, 3.05) is 12.4 Å². The number of hydrogen-bond donors (Lipinski definition) is 1. The minimum absolute atomic E-state index is 0.260. The Morgan fingerprint density at radius 1 is 0.968 bits per heavy atom. The summed E-state index contributed by atoms with van der Waals surface area (Å²) in [5, 5.41) is 7.31. The van der Waals surface area contributed by atoms with E-state index in [4.69, 9.17) is 4.74 Å². The van der Waals surface area contributed by atoms with E-state index in [1.54, 1.807) is 17.9 Å². The molecule has 1 N–H and O–H groups in total. The molecule has 4 aromatic rings. The minimum atomic E-state index is -0.936. The summed E-state index contributed by atoms with van der Waals surface area (Å²) in [5.74, 6) is -1.33. The van der Waals surface area contributed by atoms with Crippen LogP contribution in [0.1, 0.15) is 15.9 Å². The number of amides is 1. The highest BCUT2D eigenvalue weighted by molar-refractivity contribution is 6.04. The molecule has 5 nitrogen and oxygen atoms in total. The Labute approximate surface area is 177 Å². The van der Waals surface area contributed by atoms with Gasteiger partial charge < -0.3 is 10.1 Å². The second-order valence-electron chi connectivity index (χ2n) is 6.97. The SMILES string of the molecule is COc1ccc(-c2cc(NC(=O)c3ccc(F)cc3F)n(-c3ccc(C)cc3)n2)cc1. The van der Waals surface area contributed by atoms with Gasteiger partial charge in [0.1, 0.15) is 23.2 Å². The van der Waals surface area contributed by atoms with Crippen molar-refractivity contribution in [3.63, 3.8) is 0 Å². The van der Waals surface area contributed by atoms with Gasteiger partial charge in [0.05, 0.1) is 24.1 Å². The average Bonchev–Trinajstić information content (AvgIpc) is 3.18. The smallest absolute Gasteiger partial charge is 0.259 e. The first kappa shape index (κ1) is 20.3. The highest BCUT2D eigenvalue weighted by Gasteiger charge is 2.17. The molecule has 0 saturated heterocycles. The van der Waals surface area contributed by atoms with E-state index in [1.165, 1.54) is 0 Å². The van der Waals surface area contributed by atoms with Crippen molar-refractivity contribution in [1.29, 1.82) is 0 Å². The maximum atomic E-state index is 14.1. The van der Waals surface area contributed by atoms with Crippen molar-refractivity contribution in [1.82, 2.24) is 9.78 Å². The van der Waals surface area contributed by atoms with Crippen LogP contribution < -0.4 is 10.1 Å². The number of ether oxygens (including phenoxy) is 1. The Bertz CT molecular complexity index is 1230. The molecular formula is C24H19F2N3O2. The maximum absolute atomic E-state index is 14.1. The zero-order chi connectivity index (χ0) is 22.0. The fourth-order valence-electron chi connectivity index (χ4n) is 3.11. The molecule has 0 aliphatic heterocycles. The Hall–Kier alpha value is -4.00. The fourth-order valence-corrected chi connectivity index (χ4v) is 3.11. The number of benzene rings is 3. The number of anilines is 1. The third kappa shape index (κ3) is 4.30. The van der Waals surface area contributed by atoms with Crippen LogP contribution in [-0.4, -0.2) is 22.8 Å². The monoisotopic (exact) mass is 419 g/mol. The van der Waals surface area contributed by atoms with E-state index in [2.05, 4.69) is 10.4 Å². The molecule has 0 unspecified atom stereocenters. The number of nitrogens with one attached hydrogen (secondary N) is 1. The molecule has 1 aromatic heterocycles. The second kappa shape index (κ2) is 8.39. The number of halogens is 2. The lowest BCUT2D eigenvalue weighted by molar-refractivity contribution is 0.102. The van der Waals surface area contributed by atoms with E-state index in [0.29, 0.717) is 23.3 Å². The Kier molecular flexibility index (Phi) is 5.49. The molecule has 0 bridgehead atoms. The highest BCUT2D eigenvalue weighted by Crippen LogP contribution is 2.27. The van der Waals surface area contributed by atoms with Gasteiger partial charge in [-0.15, -0.1) is 0 Å². The summed E-state index contributed by atoms with van der Waals surface area (Å²) in [6, 6.07) is 19.4. The number of methoxy groups -OCH3 is 1. The highest BCUT2D eigenvalue weighted by atomic mass is 19.1. The second-order valence-corrected chi connectivity index (χ2v) is 6.97. The standard InChI is InChI=1S/C24H19F2N3O2/c1-15-3-8-18(9-4-15)29-23(27-24(30)20-12-7-17(25)13-21(20)26)14-22(28-29)16-5-10-19(31-2)11-6-16/h3-14H,1-2H3,(H,27,30). The van der Waals surface area contributed by atoms with Gasteiger partial charge >= 0.3 is 0 Å². The zero-order valence-corrected chi connectivity index (χ0v) is 16.9. The third-order valence-electron chi connectivity index (χ3n) is 4.79. The van der Waals surface area contributed by atoms with Gasteiger partial charge in [0, 0.05) is 17.7 Å². The lowest BCUT2D eigenvalue weighted by atomic mass is 10.1. The van der Waals surface area contributed by atoms with E-state index in [9.17, 15) is 13.6 Å². The van der Waals surface area contributed by atoms with Crippen LogP contribution >= 0.6 is 0 Å². The fraction of sp³-hybridized carbons (Fsp3) is 0.0833. The molecule has 0 radical (unpaired) electrons. The summed E-state index contributed by atoms with van der Waals surface area (Å²) in [5.41, 5.74) is 2.96. The molecule has 0 spiro atoms. The largest absolute Gasteiger partial charge is 0.497 e. The zero-order valence-electron chi connectivity index (χ0n) is 16.9. The molecule has 31 heavy (non-hydrogen) atoms. The quantitative estimate of drug-likeness (QED) is 0.472. The summed E-state index contributed by atoms with van der Waals surface area (Å²) in [7, 11) is 1.59. The number of carbonyl (C=O) groups excluding carboxylic acids is 1. The van der Waals surface area contributed by atoms with Crippen molar-refractivity contribution >= 4 is 11.7 Å². The van der Waals surface area contributed by atoms with E-state index in [-0.39, 0.29) is 5.56 Å². The van der Waals surface area contributed by atoms with Gasteiger partial charge in [0.2, 0.25) is 0 Å².